The maximum Gasteiger partial charge on any atom is 0.419 e. The lowest BCUT2D eigenvalue weighted by Crippen LogP contribution is -2.26. The summed E-state index contributed by atoms with van der Waals surface area (Å²) in [6.45, 7) is 5.46. The molecule has 0 amide bonds. The lowest BCUT2D eigenvalue weighted by molar-refractivity contribution is 0.0544. The Morgan fingerprint density at radius 3 is 2.68 bits per heavy atom. The summed E-state index contributed by atoms with van der Waals surface area (Å²) >= 11 is 1.04. The number of rotatable bonds is 1. The van der Waals surface area contributed by atoms with Crippen molar-refractivity contribution in [3.05, 3.63) is 30.5 Å². The summed E-state index contributed by atoms with van der Waals surface area (Å²) in [6.07, 6.45) is 1.21. The molecule has 1 heterocycles. The Morgan fingerprint density at radius 1 is 1.37 bits per heavy atom. The van der Waals surface area contributed by atoms with Crippen LogP contribution < -0.4 is 0 Å². The molecule has 1 aromatic carbocycles. The van der Waals surface area contributed by atoms with Gasteiger partial charge in [0.1, 0.15) is 11.0 Å². The second kappa shape index (κ2) is 4.98. The lowest BCUT2D eigenvalue weighted by Gasteiger charge is -2.19. The minimum Gasteiger partial charge on any atom is -0.443 e. The van der Waals surface area contributed by atoms with E-state index in [1.807, 2.05) is 50.4 Å². The summed E-state index contributed by atoms with van der Waals surface area (Å²) in [7, 11) is 0. The molecule has 98 valence electrons. The molecule has 0 bridgehead atoms. The zero-order valence-electron chi connectivity index (χ0n) is 11.0. The standard InChI is InChI=1S/C14H14N2O2S/c1-14(2,3)18-13(17)16-8-12(19-9-15)10-6-4-5-7-11(10)16/h4-8H,1-3H3. The van der Waals surface area contributed by atoms with Gasteiger partial charge in [-0.25, -0.2) is 4.79 Å². The number of thiocyanates is 1. The van der Waals surface area contributed by atoms with Crippen LogP contribution in [0.5, 0.6) is 0 Å². The highest BCUT2D eigenvalue weighted by molar-refractivity contribution is 8.04. The van der Waals surface area contributed by atoms with E-state index < -0.39 is 11.7 Å². The summed E-state index contributed by atoms with van der Waals surface area (Å²) in [5.74, 6) is 0. The first kappa shape index (κ1) is 13.5. The van der Waals surface area contributed by atoms with E-state index in [4.69, 9.17) is 10.00 Å². The van der Waals surface area contributed by atoms with Gasteiger partial charge in [0, 0.05) is 16.5 Å². The number of aromatic nitrogens is 1. The Labute approximate surface area is 116 Å². The van der Waals surface area contributed by atoms with Crippen LogP contribution in [0.1, 0.15) is 20.8 Å². The summed E-state index contributed by atoms with van der Waals surface area (Å²) in [5.41, 5.74) is 0.194. The molecule has 5 heteroatoms. The Hall–Kier alpha value is -1.93. The fourth-order valence-electron chi connectivity index (χ4n) is 1.74. The van der Waals surface area contributed by atoms with Crippen molar-refractivity contribution in [3.8, 4) is 5.40 Å². The van der Waals surface area contributed by atoms with Crippen molar-refractivity contribution in [2.24, 2.45) is 0 Å². The van der Waals surface area contributed by atoms with E-state index in [2.05, 4.69) is 0 Å². The third-order valence-corrected chi connectivity index (χ3v) is 3.06. The molecular weight excluding hydrogens is 260 g/mol. The second-order valence-electron chi connectivity index (χ2n) is 5.05. The van der Waals surface area contributed by atoms with E-state index in [0.29, 0.717) is 0 Å². The molecule has 0 spiro atoms. The van der Waals surface area contributed by atoms with Gasteiger partial charge in [0.2, 0.25) is 0 Å². The maximum atomic E-state index is 12.1. The molecule has 0 N–H and O–H groups in total. The van der Waals surface area contributed by atoms with Crippen LogP contribution in [0, 0.1) is 10.7 Å². The fourth-order valence-corrected chi connectivity index (χ4v) is 2.28. The molecule has 0 aliphatic carbocycles. The molecule has 0 unspecified atom stereocenters. The van der Waals surface area contributed by atoms with Gasteiger partial charge in [-0.15, -0.1) is 0 Å². The highest BCUT2D eigenvalue weighted by Gasteiger charge is 2.20. The highest BCUT2D eigenvalue weighted by Crippen LogP contribution is 2.29. The molecule has 0 aliphatic rings. The molecule has 0 radical (unpaired) electrons. The number of hydrogen-bond acceptors (Lipinski definition) is 4. The van der Waals surface area contributed by atoms with Crippen LogP contribution in [0.3, 0.4) is 0 Å². The predicted molar refractivity (Wildman–Crippen MR) is 75.0 cm³/mol. The largest absolute Gasteiger partial charge is 0.443 e. The first-order valence-corrected chi connectivity index (χ1v) is 6.63. The number of nitrogens with zero attached hydrogens (tertiary/aromatic N) is 2. The number of thioether (sulfide) groups is 1. The third-order valence-electron chi connectivity index (χ3n) is 2.42. The number of benzene rings is 1. The molecule has 0 aliphatic heterocycles. The minimum atomic E-state index is -0.551. The lowest BCUT2D eigenvalue weighted by atomic mass is 10.2. The Bertz CT molecular complexity index is 662. The monoisotopic (exact) mass is 274 g/mol. The first-order chi connectivity index (χ1) is 8.92. The number of fused-ring (bicyclic) bond motifs is 1. The van der Waals surface area contributed by atoms with E-state index in [0.717, 1.165) is 27.6 Å². The molecule has 0 fully saturated rings. The van der Waals surface area contributed by atoms with E-state index in [1.54, 1.807) is 6.20 Å². The average Bonchev–Trinajstić information content (AvgIpc) is 2.67. The molecule has 2 aromatic rings. The van der Waals surface area contributed by atoms with Crippen molar-refractivity contribution in [3.63, 3.8) is 0 Å². The quantitative estimate of drug-likeness (QED) is 0.582. The van der Waals surface area contributed by atoms with Gasteiger partial charge in [-0.05, 0) is 38.6 Å². The molecule has 0 saturated carbocycles. The molecule has 19 heavy (non-hydrogen) atoms. The average molecular weight is 274 g/mol. The van der Waals surface area contributed by atoms with Gasteiger partial charge >= 0.3 is 6.09 Å². The summed E-state index contributed by atoms with van der Waals surface area (Å²) in [5, 5.41) is 11.7. The fraction of sp³-hybridized carbons (Fsp3) is 0.286. The number of nitriles is 1. The number of carbonyl (C=O) groups excluding carboxylic acids is 1. The van der Waals surface area contributed by atoms with Gasteiger partial charge in [-0.2, -0.15) is 5.26 Å². The van der Waals surface area contributed by atoms with Gasteiger partial charge in [0.25, 0.3) is 0 Å². The predicted octanol–water partition coefficient (Wildman–Crippen LogP) is 4.00. The number of para-hydroxylation sites is 1. The Kier molecular flexibility index (Phi) is 3.54. The number of ether oxygens (including phenoxy) is 1. The molecular formula is C14H14N2O2S. The summed E-state index contributed by atoms with van der Waals surface area (Å²) in [6, 6.07) is 7.45. The normalized spacial score (nSPS) is 11.3. The van der Waals surface area contributed by atoms with Crippen molar-refractivity contribution in [1.29, 1.82) is 5.26 Å². The summed E-state index contributed by atoms with van der Waals surface area (Å²) < 4.78 is 6.80. The van der Waals surface area contributed by atoms with Gasteiger partial charge in [0.15, 0.2) is 0 Å². The van der Waals surface area contributed by atoms with Crippen LogP contribution in [0.25, 0.3) is 10.9 Å². The van der Waals surface area contributed by atoms with Crippen LogP contribution in [-0.4, -0.2) is 16.3 Å². The van der Waals surface area contributed by atoms with Crippen molar-refractivity contribution in [2.75, 3.05) is 0 Å². The van der Waals surface area contributed by atoms with Gasteiger partial charge < -0.3 is 4.74 Å². The van der Waals surface area contributed by atoms with E-state index >= 15 is 0 Å². The first-order valence-electron chi connectivity index (χ1n) is 5.82. The van der Waals surface area contributed by atoms with Crippen LogP contribution in [-0.2, 0) is 4.74 Å². The van der Waals surface area contributed by atoms with Crippen molar-refractivity contribution >= 4 is 28.8 Å². The minimum absolute atomic E-state index is 0.437. The Balaban J connectivity index is 2.49. The SMILES string of the molecule is CC(C)(C)OC(=O)n1cc(SC#N)c2ccccc21. The van der Waals surface area contributed by atoms with Crippen LogP contribution in [0.4, 0.5) is 4.79 Å². The molecule has 4 nitrogen and oxygen atoms in total. The molecule has 0 atom stereocenters. The molecule has 2 rings (SSSR count). The van der Waals surface area contributed by atoms with Crippen molar-refractivity contribution < 1.29 is 9.53 Å². The maximum absolute atomic E-state index is 12.1. The van der Waals surface area contributed by atoms with Gasteiger partial charge in [0.05, 0.1) is 5.52 Å². The van der Waals surface area contributed by atoms with Crippen molar-refractivity contribution in [2.45, 2.75) is 31.3 Å². The number of hydrogen-bond donors (Lipinski definition) is 0. The van der Waals surface area contributed by atoms with Crippen molar-refractivity contribution in [1.82, 2.24) is 4.57 Å². The Morgan fingerprint density at radius 2 is 2.05 bits per heavy atom. The van der Waals surface area contributed by atoms with Crippen LogP contribution in [0.15, 0.2) is 35.4 Å². The van der Waals surface area contributed by atoms with Crippen LogP contribution >= 0.6 is 11.8 Å². The molecule has 1 aromatic heterocycles. The zero-order valence-corrected chi connectivity index (χ0v) is 11.8. The second-order valence-corrected chi connectivity index (χ2v) is 5.88. The smallest absolute Gasteiger partial charge is 0.419 e. The summed E-state index contributed by atoms with van der Waals surface area (Å²) in [4.78, 5) is 12.9. The van der Waals surface area contributed by atoms with Gasteiger partial charge in [-0.1, -0.05) is 18.2 Å². The third kappa shape index (κ3) is 2.91. The highest BCUT2D eigenvalue weighted by atomic mass is 32.2. The van der Waals surface area contributed by atoms with E-state index in [9.17, 15) is 4.79 Å². The zero-order chi connectivity index (χ0) is 14.0. The van der Waals surface area contributed by atoms with E-state index in [-0.39, 0.29) is 0 Å². The van der Waals surface area contributed by atoms with E-state index in [1.165, 1.54) is 4.57 Å². The topological polar surface area (TPSA) is 55.0 Å². The van der Waals surface area contributed by atoms with Crippen LogP contribution in [0.2, 0.25) is 0 Å². The number of carbonyl (C=O) groups is 1. The van der Waals surface area contributed by atoms with Gasteiger partial charge in [-0.3, -0.25) is 4.57 Å². The molecule has 0 saturated heterocycles.